The van der Waals surface area contributed by atoms with Crippen LogP contribution >= 0.6 is 11.6 Å². The van der Waals surface area contributed by atoms with E-state index in [0.717, 1.165) is 0 Å². The normalized spacial score (nSPS) is 8.62. The third-order valence-corrected chi connectivity index (χ3v) is 0.874. The molecule has 46 valence electrons. The van der Waals surface area contributed by atoms with Gasteiger partial charge in [-0.25, -0.2) is 0 Å². The Morgan fingerprint density at radius 2 is 2.25 bits per heavy atom. The lowest BCUT2D eigenvalue weighted by molar-refractivity contribution is -0.299. The highest BCUT2D eigenvalue weighted by molar-refractivity contribution is 6.18. The van der Waals surface area contributed by atoms with Crippen LogP contribution in [-0.4, -0.2) is 11.8 Å². The molecule has 0 bridgehead atoms. The molecule has 0 aromatic heterocycles. The summed E-state index contributed by atoms with van der Waals surface area (Å²) < 4.78 is 0. The Balaban J connectivity index is 3.49. The first-order valence-electron chi connectivity index (χ1n) is 2.13. The number of hydrogen-bond acceptors (Lipinski definition) is 2. The van der Waals surface area contributed by atoms with E-state index in [1.807, 2.05) is 0 Å². The van der Waals surface area contributed by atoms with Crippen molar-refractivity contribution in [1.29, 1.82) is 0 Å². The molecule has 0 heterocycles. The summed E-state index contributed by atoms with van der Waals surface area (Å²) in [7, 11) is 0. The van der Waals surface area contributed by atoms with Crippen molar-refractivity contribution >= 4 is 17.6 Å². The molecule has 0 aliphatic rings. The van der Waals surface area contributed by atoms with E-state index in [1.165, 1.54) is 0 Å². The SMILES string of the molecule is C=C(CCCl)C(=O)[O-]. The number of halogens is 1. The molecule has 0 aliphatic heterocycles. The number of carboxylic acids is 1. The van der Waals surface area contributed by atoms with Crippen molar-refractivity contribution in [3.8, 4) is 0 Å². The van der Waals surface area contributed by atoms with Crippen LogP contribution in [0, 0.1) is 0 Å². The number of hydrogen-bond donors (Lipinski definition) is 0. The molecule has 0 rings (SSSR count). The molecule has 3 heteroatoms. The smallest absolute Gasteiger partial charge is 0.0669 e. The van der Waals surface area contributed by atoms with Gasteiger partial charge in [0.25, 0.3) is 0 Å². The van der Waals surface area contributed by atoms with Gasteiger partial charge >= 0.3 is 0 Å². The van der Waals surface area contributed by atoms with Crippen LogP contribution in [0.1, 0.15) is 6.42 Å². The van der Waals surface area contributed by atoms with Crippen LogP contribution in [0.4, 0.5) is 0 Å². The van der Waals surface area contributed by atoms with E-state index in [0.29, 0.717) is 6.42 Å². The fourth-order valence-corrected chi connectivity index (χ4v) is 0.444. The maximum absolute atomic E-state index is 9.82. The summed E-state index contributed by atoms with van der Waals surface area (Å²) in [5.41, 5.74) is 0.0556. The average molecular weight is 134 g/mol. The summed E-state index contributed by atoms with van der Waals surface area (Å²) >= 11 is 5.19. The first-order valence-corrected chi connectivity index (χ1v) is 2.67. The number of carbonyl (C=O) groups is 1. The summed E-state index contributed by atoms with van der Waals surface area (Å²) in [6.45, 7) is 3.20. The number of carbonyl (C=O) groups excluding carboxylic acids is 1. The van der Waals surface area contributed by atoms with Crippen LogP contribution in [0.25, 0.3) is 0 Å². The number of rotatable bonds is 3. The van der Waals surface area contributed by atoms with E-state index < -0.39 is 5.97 Å². The zero-order valence-corrected chi connectivity index (χ0v) is 5.07. The molecule has 8 heavy (non-hydrogen) atoms. The quantitative estimate of drug-likeness (QED) is 0.399. The van der Waals surface area contributed by atoms with Crippen molar-refractivity contribution < 1.29 is 9.90 Å². The van der Waals surface area contributed by atoms with Crippen LogP contribution in [0.15, 0.2) is 12.2 Å². The molecule has 0 aromatic rings. The Morgan fingerprint density at radius 1 is 1.75 bits per heavy atom. The Bertz CT molecular complexity index is 109. The highest BCUT2D eigenvalue weighted by Gasteiger charge is 1.90. The van der Waals surface area contributed by atoms with E-state index in [1.54, 1.807) is 0 Å². The number of alkyl halides is 1. The van der Waals surface area contributed by atoms with Crippen LogP contribution in [0.5, 0.6) is 0 Å². The summed E-state index contributed by atoms with van der Waals surface area (Å²) in [6.07, 6.45) is 0.296. The Hall–Kier alpha value is -0.500. The van der Waals surface area contributed by atoms with Gasteiger partial charge < -0.3 is 9.90 Å². The van der Waals surface area contributed by atoms with Gasteiger partial charge in [-0.05, 0) is 12.0 Å². The minimum absolute atomic E-state index is 0.0556. The molecule has 0 N–H and O–H groups in total. The van der Waals surface area contributed by atoms with E-state index in [2.05, 4.69) is 6.58 Å². The predicted octanol–water partition coefficient (Wildman–Crippen LogP) is -0.0786. The first-order chi connectivity index (χ1) is 3.68. The summed E-state index contributed by atoms with van der Waals surface area (Å²) in [4.78, 5) is 9.82. The third kappa shape index (κ3) is 2.64. The lowest BCUT2D eigenvalue weighted by atomic mass is 10.2. The molecule has 0 radical (unpaired) electrons. The molecule has 0 fully saturated rings. The van der Waals surface area contributed by atoms with Gasteiger partial charge in [0.05, 0.1) is 5.97 Å². The van der Waals surface area contributed by atoms with Gasteiger partial charge in [0.1, 0.15) is 0 Å². The molecule has 0 amide bonds. The van der Waals surface area contributed by atoms with Crippen molar-refractivity contribution in [2.45, 2.75) is 6.42 Å². The second-order valence-corrected chi connectivity index (χ2v) is 1.71. The minimum atomic E-state index is -1.22. The standard InChI is InChI=1S/C5H7ClO2/c1-4(2-3-6)5(7)8/h1-3H2,(H,7,8)/p-1. The second-order valence-electron chi connectivity index (χ2n) is 1.33. The summed E-state index contributed by atoms with van der Waals surface area (Å²) in [5, 5.41) is 9.82. The van der Waals surface area contributed by atoms with Crippen LogP contribution in [0.2, 0.25) is 0 Å². The maximum atomic E-state index is 9.82. The van der Waals surface area contributed by atoms with E-state index in [9.17, 15) is 9.90 Å². The van der Waals surface area contributed by atoms with E-state index in [4.69, 9.17) is 11.6 Å². The van der Waals surface area contributed by atoms with Gasteiger partial charge in [-0.15, -0.1) is 11.6 Å². The molecule has 0 saturated carbocycles. The van der Waals surface area contributed by atoms with Crippen molar-refractivity contribution in [1.82, 2.24) is 0 Å². The topological polar surface area (TPSA) is 40.1 Å². The fraction of sp³-hybridized carbons (Fsp3) is 0.400. The zero-order chi connectivity index (χ0) is 6.57. The van der Waals surface area contributed by atoms with E-state index >= 15 is 0 Å². The van der Waals surface area contributed by atoms with Crippen molar-refractivity contribution in [3.63, 3.8) is 0 Å². The van der Waals surface area contributed by atoms with E-state index in [-0.39, 0.29) is 11.5 Å². The highest BCUT2D eigenvalue weighted by Crippen LogP contribution is 1.96. The van der Waals surface area contributed by atoms with Gasteiger partial charge in [-0.2, -0.15) is 0 Å². The van der Waals surface area contributed by atoms with Crippen molar-refractivity contribution in [2.24, 2.45) is 0 Å². The Kier molecular flexibility index (Phi) is 3.28. The van der Waals surface area contributed by atoms with Gasteiger partial charge in [0.2, 0.25) is 0 Å². The lowest BCUT2D eigenvalue weighted by Crippen LogP contribution is -2.23. The van der Waals surface area contributed by atoms with Crippen molar-refractivity contribution in [3.05, 3.63) is 12.2 Å². The highest BCUT2D eigenvalue weighted by atomic mass is 35.5. The predicted molar refractivity (Wildman–Crippen MR) is 29.5 cm³/mol. The van der Waals surface area contributed by atoms with Crippen LogP contribution < -0.4 is 5.11 Å². The molecular formula is C5H6ClO2-. The molecule has 0 spiro atoms. The third-order valence-electron chi connectivity index (χ3n) is 0.685. The number of carboxylic acid groups (broad SMARTS) is 1. The molecule has 0 saturated heterocycles. The average Bonchev–Trinajstić information content (AvgIpc) is 1.67. The van der Waals surface area contributed by atoms with Gasteiger partial charge in [-0.3, -0.25) is 0 Å². The number of aliphatic carboxylic acids is 1. The maximum Gasteiger partial charge on any atom is 0.0669 e. The summed E-state index contributed by atoms with van der Waals surface area (Å²) in [6, 6.07) is 0. The molecule has 0 aliphatic carbocycles. The second kappa shape index (κ2) is 3.50. The zero-order valence-electron chi connectivity index (χ0n) is 4.32. The Labute approximate surface area is 52.8 Å². The van der Waals surface area contributed by atoms with Gasteiger partial charge in [0.15, 0.2) is 0 Å². The molecule has 0 unspecified atom stereocenters. The summed E-state index contributed by atoms with van der Waals surface area (Å²) in [5.74, 6) is -0.932. The molecule has 0 aromatic carbocycles. The van der Waals surface area contributed by atoms with Crippen LogP contribution in [-0.2, 0) is 4.79 Å². The lowest BCUT2D eigenvalue weighted by Gasteiger charge is -2.00. The van der Waals surface area contributed by atoms with Gasteiger partial charge in [-0.1, -0.05) is 6.58 Å². The van der Waals surface area contributed by atoms with Crippen LogP contribution in [0.3, 0.4) is 0 Å². The molecule has 2 nitrogen and oxygen atoms in total. The molecule has 0 atom stereocenters. The van der Waals surface area contributed by atoms with Crippen molar-refractivity contribution in [2.75, 3.05) is 5.88 Å². The monoisotopic (exact) mass is 133 g/mol. The minimum Gasteiger partial charge on any atom is -0.545 e. The largest absolute Gasteiger partial charge is 0.545 e. The first kappa shape index (κ1) is 7.50. The van der Waals surface area contributed by atoms with Gasteiger partial charge in [0, 0.05) is 5.88 Å². The Morgan fingerprint density at radius 3 is 2.38 bits per heavy atom. The molecular weight excluding hydrogens is 128 g/mol. The fourth-order valence-electron chi connectivity index (χ4n) is 0.216.